The number of nitrogens with zero attached hydrogens (tertiary/aromatic N) is 1. The van der Waals surface area contributed by atoms with Gasteiger partial charge in [-0.25, -0.2) is 9.82 Å². The number of nitrogens with one attached hydrogen (secondary N) is 2. The number of ether oxygens (including phenoxy) is 2. The topological polar surface area (TPSA) is 75.7 Å². The molecule has 1 amide bonds. The lowest BCUT2D eigenvalue weighted by atomic mass is 9.95. The fourth-order valence-electron chi connectivity index (χ4n) is 3.53. The van der Waals surface area contributed by atoms with Crippen LogP contribution in [-0.4, -0.2) is 36.9 Å². The van der Waals surface area contributed by atoms with Gasteiger partial charge in [-0.3, -0.25) is 4.79 Å². The third kappa shape index (κ3) is 4.46. The van der Waals surface area contributed by atoms with Crippen LogP contribution in [0.3, 0.4) is 0 Å². The van der Waals surface area contributed by atoms with Gasteiger partial charge in [0.05, 0.1) is 12.8 Å². The van der Waals surface area contributed by atoms with Crippen LogP contribution < -0.4 is 10.2 Å². The van der Waals surface area contributed by atoms with Gasteiger partial charge < -0.3 is 14.5 Å². The van der Waals surface area contributed by atoms with Gasteiger partial charge in [-0.2, -0.15) is 5.10 Å². The van der Waals surface area contributed by atoms with Crippen molar-refractivity contribution in [2.45, 2.75) is 19.3 Å². The van der Waals surface area contributed by atoms with E-state index < -0.39 is 0 Å². The number of amides is 1. The molecule has 1 aromatic heterocycles. The monoisotopic (exact) mass is 395 g/mol. The molecule has 0 radical (unpaired) electrons. The van der Waals surface area contributed by atoms with Gasteiger partial charge in [-0.1, -0.05) is 12.1 Å². The molecule has 0 aliphatic carbocycles. The Balaban J connectivity index is 1.38. The van der Waals surface area contributed by atoms with Crippen molar-refractivity contribution in [2.75, 3.05) is 19.8 Å². The van der Waals surface area contributed by atoms with Crippen LogP contribution in [0.2, 0.25) is 0 Å². The standard InChI is InChI=1S/C22H22FN3O3/c1-14-8-18(23)10-19(17-5-7-28-12-17)22(14)29-13-21(27)26-25-11-15-2-3-16-4-6-24-20(16)9-15/h2-4,6,8-11,17,24H,5,7,12-13H2,1H3,(H,26,27)/b25-11+. The number of hydrogen-bond donors (Lipinski definition) is 2. The van der Waals surface area contributed by atoms with Gasteiger partial charge in [0.15, 0.2) is 6.61 Å². The van der Waals surface area contributed by atoms with Gasteiger partial charge in [0, 0.05) is 29.8 Å². The lowest BCUT2D eigenvalue weighted by Crippen LogP contribution is -2.25. The molecule has 1 atom stereocenters. The first-order chi connectivity index (χ1) is 14.1. The van der Waals surface area contributed by atoms with Gasteiger partial charge in [0.1, 0.15) is 11.6 Å². The van der Waals surface area contributed by atoms with E-state index in [9.17, 15) is 9.18 Å². The Morgan fingerprint density at radius 3 is 3.10 bits per heavy atom. The van der Waals surface area contributed by atoms with Crippen molar-refractivity contribution >= 4 is 23.0 Å². The number of benzene rings is 2. The van der Waals surface area contributed by atoms with Gasteiger partial charge in [0.25, 0.3) is 5.91 Å². The molecule has 0 spiro atoms. The Bertz CT molecular complexity index is 1050. The van der Waals surface area contributed by atoms with Crippen LogP contribution >= 0.6 is 0 Å². The predicted molar refractivity (Wildman–Crippen MR) is 109 cm³/mol. The normalized spacial score (nSPS) is 16.6. The van der Waals surface area contributed by atoms with E-state index in [4.69, 9.17) is 9.47 Å². The zero-order chi connectivity index (χ0) is 20.2. The highest BCUT2D eigenvalue weighted by atomic mass is 19.1. The first-order valence-electron chi connectivity index (χ1n) is 9.50. The maximum Gasteiger partial charge on any atom is 0.277 e. The van der Waals surface area contributed by atoms with E-state index >= 15 is 0 Å². The average molecular weight is 395 g/mol. The smallest absolute Gasteiger partial charge is 0.277 e. The van der Waals surface area contributed by atoms with Crippen LogP contribution in [0.15, 0.2) is 47.7 Å². The largest absolute Gasteiger partial charge is 0.483 e. The Morgan fingerprint density at radius 2 is 2.28 bits per heavy atom. The fourth-order valence-corrected chi connectivity index (χ4v) is 3.53. The van der Waals surface area contributed by atoms with Crippen molar-refractivity contribution in [3.05, 3.63) is 65.1 Å². The van der Waals surface area contributed by atoms with E-state index in [0.717, 1.165) is 28.5 Å². The highest BCUT2D eigenvalue weighted by Crippen LogP contribution is 2.35. The number of hydrazone groups is 1. The van der Waals surface area contributed by atoms with Gasteiger partial charge in [0.2, 0.25) is 0 Å². The van der Waals surface area contributed by atoms with Gasteiger partial charge >= 0.3 is 0 Å². The summed E-state index contributed by atoms with van der Waals surface area (Å²) in [7, 11) is 0. The number of hydrogen-bond acceptors (Lipinski definition) is 4. The van der Waals surface area contributed by atoms with E-state index in [1.54, 1.807) is 13.1 Å². The van der Waals surface area contributed by atoms with E-state index in [-0.39, 0.29) is 24.2 Å². The van der Waals surface area contributed by atoms with Crippen LogP contribution in [0.25, 0.3) is 10.9 Å². The number of carbonyl (C=O) groups excluding carboxylic acids is 1. The fraction of sp³-hybridized carbons (Fsp3) is 0.273. The molecule has 150 valence electrons. The van der Waals surface area contributed by atoms with Crippen LogP contribution in [0.5, 0.6) is 5.75 Å². The lowest BCUT2D eigenvalue weighted by Gasteiger charge is -2.17. The molecule has 1 fully saturated rings. The Labute approximate surface area is 167 Å². The van der Waals surface area contributed by atoms with Crippen molar-refractivity contribution in [3.63, 3.8) is 0 Å². The predicted octanol–water partition coefficient (Wildman–Crippen LogP) is 3.65. The SMILES string of the molecule is Cc1cc(F)cc(C2CCOC2)c1OCC(=O)N/N=C/c1ccc2cc[nH]c2c1. The highest BCUT2D eigenvalue weighted by Gasteiger charge is 2.24. The number of carbonyl (C=O) groups is 1. The summed E-state index contributed by atoms with van der Waals surface area (Å²) in [4.78, 5) is 15.3. The second kappa shape index (κ2) is 8.45. The third-order valence-corrected chi connectivity index (χ3v) is 4.97. The molecule has 29 heavy (non-hydrogen) atoms. The Morgan fingerprint density at radius 1 is 1.38 bits per heavy atom. The lowest BCUT2D eigenvalue weighted by molar-refractivity contribution is -0.123. The zero-order valence-electron chi connectivity index (χ0n) is 16.1. The first-order valence-corrected chi connectivity index (χ1v) is 9.50. The molecular formula is C22H22FN3O3. The van der Waals surface area contributed by atoms with E-state index in [2.05, 4.69) is 15.5 Å². The number of halogens is 1. The van der Waals surface area contributed by atoms with Crippen molar-refractivity contribution < 1.29 is 18.7 Å². The van der Waals surface area contributed by atoms with Crippen molar-refractivity contribution in [3.8, 4) is 5.75 Å². The summed E-state index contributed by atoms with van der Waals surface area (Å²) in [5, 5.41) is 5.09. The quantitative estimate of drug-likeness (QED) is 0.494. The molecule has 1 unspecified atom stereocenters. The minimum Gasteiger partial charge on any atom is -0.483 e. The first kappa shape index (κ1) is 19.1. The Kier molecular flexibility index (Phi) is 5.57. The molecule has 2 N–H and O–H groups in total. The highest BCUT2D eigenvalue weighted by molar-refractivity contribution is 5.89. The van der Waals surface area contributed by atoms with Crippen LogP contribution in [0.1, 0.15) is 29.0 Å². The molecule has 2 heterocycles. The summed E-state index contributed by atoms with van der Waals surface area (Å²) in [6.07, 6.45) is 4.25. The number of aromatic amines is 1. The van der Waals surface area contributed by atoms with E-state index in [1.807, 2.05) is 30.5 Å². The molecule has 1 aliphatic rings. The molecule has 4 rings (SSSR count). The van der Waals surface area contributed by atoms with E-state index in [1.165, 1.54) is 12.1 Å². The summed E-state index contributed by atoms with van der Waals surface area (Å²) in [5.41, 5.74) is 5.72. The summed E-state index contributed by atoms with van der Waals surface area (Å²) < 4.78 is 25.0. The molecule has 2 aromatic carbocycles. The van der Waals surface area contributed by atoms with E-state index in [0.29, 0.717) is 24.5 Å². The number of H-pyrrole nitrogens is 1. The molecule has 6 nitrogen and oxygen atoms in total. The van der Waals surface area contributed by atoms with Crippen molar-refractivity contribution in [2.24, 2.45) is 5.10 Å². The van der Waals surface area contributed by atoms with Gasteiger partial charge in [-0.15, -0.1) is 0 Å². The summed E-state index contributed by atoms with van der Waals surface area (Å²) >= 11 is 0. The number of rotatable bonds is 6. The third-order valence-electron chi connectivity index (χ3n) is 4.97. The minimum atomic E-state index is -0.389. The average Bonchev–Trinajstić information content (AvgIpc) is 3.38. The Hall–Kier alpha value is -3.19. The maximum absolute atomic E-state index is 13.9. The number of fused-ring (bicyclic) bond motifs is 1. The molecular weight excluding hydrogens is 373 g/mol. The summed E-state index contributed by atoms with van der Waals surface area (Å²) in [6.45, 7) is 2.73. The number of aryl methyl sites for hydroxylation is 1. The zero-order valence-corrected chi connectivity index (χ0v) is 16.1. The second-order valence-corrected chi connectivity index (χ2v) is 7.11. The minimum absolute atomic E-state index is 0.0726. The molecule has 0 bridgehead atoms. The molecule has 1 saturated heterocycles. The summed E-state index contributed by atoms with van der Waals surface area (Å²) in [6, 6.07) is 10.7. The van der Waals surface area contributed by atoms with Crippen LogP contribution in [0.4, 0.5) is 4.39 Å². The second-order valence-electron chi connectivity index (χ2n) is 7.11. The van der Waals surface area contributed by atoms with Crippen molar-refractivity contribution in [1.82, 2.24) is 10.4 Å². The van der Waals surface area contributed by atoms with Crippen LogP contribution in [-0.2, 0) is 9.53 Å². The van der Waals surface area contributed by atoms with Crippen molar-refractivity contribution in [1.29, 1.82) is 0 Å². The summed E-state index contributed by atoms with van der Waals surface area (Å²) in [5.74, 6) is -0.0917. The molecule has 7 heteroatoms. The maximum atomic E-state index is 13.9. The molecule has 1 aliphatic heterocycles. The number of aromatic nitrogens is 1. The van der Waals surface area contributed by atoms with Crippen LogP contribution in [0, 0.1) is 12.7 Å². The molecule has 0 saturated carbocycles. The molecule has 3 aromatic rings. The van der Waals surface area contributed by atoms with Gasteiger partial charge in [-0.05, 0) is 54.1 Å².